The van der Waals surface area contributed by atoms with Gasteiger partial charge in [0.05, 0.1) is 17.5 Å². The Morgan fingerprint density at radius 3 is 2.81 bits per heavy atom. The first kappa shape index (κ1) is 17.8. The summed E-state index contributed by atoms with van der Waals surface area (Å²) in [5.74, 6) is 1.02. The molecule has 1 aliphatic carbocycles. The number of aromatic nitrogens is 2. The zero-order valence-corrected chi connectivity index (χ0v) is 16.4. The van der Waals surface area contributed by atoms with Crippen LogP contribution in [0.2, 0.25) is 0 Å². The molecular weight excluding hydrogens is 368 g/mol. The Balaban J connectivity index is 1.66. The van der Waals surface area contributed by atoms with Crippen molar-refractivity contribution in [2.75, 3.05) is 11.5 Å². The fourth-order valence-corrected chi connectivity index (χ4v) is 6.79. The van der Waals surface area contributed by atoms with Crippen molar-refractivity contribution < 1.29 is 8.42 Å². The van der Waals surface area contributed by atoms with Crippen LogP contribution in [0, 0.1) is 6.92 Å². The lowest BCUT2D eigenvalue weighted by Crippen LogP contribution is -2.31. The maximum absolute atomic E-state index is 12.7. The van der Waals surface area contributed by atoms with Crippen molar-refractivity contribution in [3.63, 3.8) is 0 Å². The Morgan fingerprint density at radius 1 is 1.27 bits per heavy atom. The maximum Gasteiger partial charge on any atom is 0.349 e. The van der Waals surface area contributed by atoms with E-state index in [4.69, 9.17) is 0 Å². The minimum atomic E-state index is -3.03. The van der Waals surface area contributed by atoms with Gasteiger partial charge in [-0.2, -0.15) is 4.98 Å². The Labute approximate surface area is 157 Å². The molecule has 1 aromatic heterocycles. The minimum Gasteiger partial charge on any atom is -0.292 e. The lowest BCUT2D eigenvalue weighted by Gasteiger charge is -2.18. The van der Waals surface area contributed by atoms with Crippen molar-refractivity contribution in [3.05, 3.63) is 57.1 Å². The topological polar surface area (TPSA) is 69.0 Å². The molecule has 26 heavy (non-hydrogen) atoms. The standard InChI is InChI=1S/C19H22N2O3S2/c1-13-5-2-3-6-14(13)11-25-18-16-7-4-8-17(16)21(19(22)20-18)15-9-10-26(23,24)12-15/h2-3,5-6,15H,4,7-12H2,1H3. The fourth-order valence-electron chi connectivity index (χ4n) is 3.94. The van der Waals surface area contributed by atoms with Crippen LogP contribution in [0.5, 0.6) is 0 Å². The van der Waals surface area contributed by atoms with Gasteiger partial charge in [0.25, 0.3) is 0 Å². The summed E-state index contributed by atoms with van der Waals surface area (Å²) >= 11 is 1.62. The third-order valence-electron chi connectivity index (χ3n) is 5.34. The van der Waals surface area contributed by atoms with Crippen molar-refractivity contribution in [2.24, 2.45) is 0 Å². The van der Waals surface area contributed by atoms with E-state index in [2.05, 4.69) is 24.0 Å². The summed E-state index contributed by atoms with van der Waals surface area (Å²) in [5, 5.41) is 0.822. The van der Waals surface area contributed by atoms with Crippen molar-refractivity contribution in [1.82, 2.24) is 9.55 Å². The second kappa shape index (κ2) is 6.85. The Hall–Kier alpha value is -1.60. The SMILES string of the molecule is Cc1ccccc1CSc1nc(=O)n(C2CCS(=O)(=O)C2)c2c1CCC2. The molecule has 0 spiro atoms. The van der Waals surface area contributed by atoms with E-state index in [0.29, 0.717) is 6.42 Å². The molecule has 2 aliphatic rings. The normalized spacial score (nSPS) is 21.0. The molecule has 1 saturated heterocycles. The highest BCUT2D eigenvalue weighted by atomic mass is 32.2. The molecule has 0 radical (unpaired) electrons. The van der Waals surface area contributed by atoms with Crippen molar-refractivity contribution >= 4 is 21.6 Å². The van der Waals surface area contributed by atoms with E-state index in [0.717, 1.165) is 41.3 Å². The van der Waals surface area contributed by atoms with E-state index in [1.165, 1.54) is 11.1 Å². The largest absolute Gasteiger partial charge is 0.349 e. The second-order valence-corrected chi connectivity index (χ2v) is 10.3. The Morgan fingerprint density at radius 2 is 2.08 bits per heavy atom. The van der Waals surface area contributed by atoms with E-state index < -0.39 is 9.84 Å². The van der Waals surface area contributed by atoms with Gasteiger partial charge in [0.2, 0.25) is 0 Å². The molecule has 138 valence electrons. The summed E-state index contributed by atoms with van der Waals surface area (Å²) in [4.78, 5) is 17.1. The smallest absolute Gasteiger partial charge is 0.292 e. The van der Waals surface area contributed by atoms with Crippen molar-refractivity contribution in [1.29, 1.82) is 0 Å². The summed E-state index contributed by atoms with van der Waals surface area (Å²) < 4.78 is 25.4. The molecule has 0 bridgehead atoms. The molecule has 0 saturated carbocycles. The average molecular weight is 391 g/mol. The third-order valence-corrected chi connectivity index (χ3v) is 8.16. The monoisotopic (exact) mass is 390 g/mol. The number of hydrogen-bond acceptors (Lipinski definition) is 5. The molecule has 2 aromatic rings. The predicted octanol–water partition coefficient (Wildman–Crippen LogP) is 2.69. The van der Waals surface area contributed by atoms with E-state index in [-0.39, 0.29) is 23.2 Å². The van der Waals surface area contributed by atoms with Gasteiger partial charge in [0.15, 0.2) is 9.84 Å². The zero-order chi connectivity index (χ0) is 18.3. The highest BCUT2D eigenvalue weighted by Crippen LogP contribution is 2.34. The van der Waals surface area contributed by atoms with Crippen LogP contribution in [0.1, 0.15) is 41.3 Å². The molecule has 1 fully saturated rings. The van der Waals surface area contributed by atoms with E-state index in [1.807, 2.05) is 12.1 Å². The summed E-state index contributed by atoms with van der Waals surface area (Å²) in [6.07, 6.45) is 3.27. The van der Waals surface area contributed by atoms with Gasteiger partial charge in [-0.1, -0.05) is 24.3 Å². The van der Waals surface area contributed by atoms with Gasteiger partial charge in [-0.25, -0.2) is 13.2 Å². The molecule has 0 N–H and O–H groups in total. The van der Waals surface area contributed by atoms with Crippen molar-refractivity contribution in [3.8, 4) is 0 Å². The maximum atomic E-state index is 12.7. The molecule has 0 amide bonds. The molecule has 1 unspecified atom stereocenters. The number of sulfone groups is 1. The van der Waals surface area contributed by atoms with Gasteiger partial charge < -0.3 is 0 Å². The van der Waals surface area contributed by atoms with Crippen LogP contribution in [0.3, 0.4) is 0 Å². The van der Waals surface area contributed by atoms with E-state index in [9.17, 15) is 13.2 Å². The average Bonchev–Trinajstić information content (AvgIpc) is 3.20. The van der Waals surface area contributed by atoms with Gasteiger partial charge in [-0.05, 0) is 43.7 Å². The van der Waals surface area contributed by atoms with Crippen LogP contribution < -0.4 is 5.69 Å². The second-order valence-electron chi connectivity index (χ2n) is 7.12. The zero-order valence-electron chi connectivity index (χ0n) is 14.8. The predicted molar refractivity (Wildman–Crippen MR) is 104 cm³/mol. The number of benzene rings is 1. The number of thioether (sulfide) groups is 1. The summed E-state index contributed by atoms with van der Waals surface area (Å²) in [7, 11) is -3.03. The fraction of sp³-hybridized carbons (Fsp3) is 0.474. The summed E-state index contributed by atoms with van der Waals surface area (Å²) in [5.41, 5.74) is 4.35. The number of aryl methyl sites for hydroxylation is 1. The molecule has 1 aromatic carbocycles. The van der Waals surface area contributed by atoms with Gasteiger partial charge in [0, 0.05) is 17.0 Å². The number of rotatable bonds is 4. The number of hydrogen-bond donors (Lipinski definition) is 0. The van der Waals surface area contributed by atoms with E-state index in [1.54, 1.807) is 16.3 Å². The Kier molecular flexibility index (Phi) is 4.69. The quantitative estimate of drug-likeness (QED) is 0.593. The van der Waals surface area contributed by atoms with Crippen LogP contribution in [0.4, 0.5) is 0 Å². The number of fused-ring (bicyclic) bond motifs is 1. The lowest BCUT2D eigenvalue weighted by molar-refractivity contribution is 0.502. The molecule has 5 nitrogen and oxygen atoms in total. The van der Waals surface area contributed by atoms with Gasteiger partial charge >= 0.3 is 5.69 Å². The van der Waals surface area contributed by atoms with Gasteiger partial charge in [-0.15, -0.1) is 11.8 Å². The molecule has 1 atom stereocenters. The number of nitrogens with zero attached hydrogens (tertiary/aromatic N) is 2. The van der Waals surface area contributed by atoms with Crippen LogP contribution >= 0.6 is 11.8 Å². The molecule has 1 aliphatic heterocycles. The third kappa shape index (κ3) is 3.34. The van der Waals surface area contributed by atoms with E-state index >= 15 is 0 Å². The molecule has 7 heteroatoms. The van der Waals surface area contributed by atoms with Crippen molar-refractivity contribution in [2.45, 2.75) is 49.4 Å². The molecule has 4 rings (SSSR count). The van der Waals surface area contributed by atoms with Crippen LogP contribution in [-0.2, 0) is 28.4 Å². The molecular formula is C19H22N2O3S2. The summed E-state index contributed by atoms with van der Waals surface area (Å²) in [6.45, 7) is 2.09. The first-order valence-electron chi connectivity index (χ1n) is 8.96. The molecule has 2 heterocycles. The van der Waals surface area contributed by atoms with Gasteiger partial charge in [0.1, 0.15) is 5.03 Å². The van der Waals surface area contributed by atoms with Gasteiger partial charge in [-0.3, -0.25) is 4.57 Å². The van der Waals surface area contributed by atoms with Crippen LogP contribution in [-0.4, -0.2) is 29.5 Å². The first-order chi connectivity index (χ1) is 12.4. The summed E-state index contributed by atoms with van der Waals surface area (Å²) in [6, 6.07) is 8.00. The van der Waals surface area contributed by atoms with Crippen LogP contribution in [0.15, 0.2) is 34.1 Å². The highest BCUT2D eigenvalue weighted by molar-refractivity contribution is 7.98. The minimum absolute atomic E-state index is 0.0662. The lowest BCUT2D eigenvalue weighted by atomic mass is 10.1. The highest BCUT2D eigenvalue weighted by Gasteiger charge is 2.33. The van der Waals surface area contributed by atoms with Crippen LogP contribution in [0.25, 0.3) is 0 Å². The first-order valence-corrected chi connectivity index (χ1v) is 11.8. The Bertz CT molecular complexity index is 1010.